The van der Waals surface area contributed by atoms with Crippen LogP contribution in [0.1, 0.15) is 11.4 Å². The summed E-state index contributed by atoms with van der Waals surface area (Å²) < 4.78 is 6.56. The number of aromatic nitrogens is 4. The topological polar surface area (TPSA) is 125 Å². The Morgan fingerprint density at radius 2 is 2.14 bits per heavy atom. The fourth-order valence-corrected chi connectivity index (χ4v) is 3.39. The van der Waals surface area contributed by atoms with Gasteiger partial charge in [-0.05, 0) is 47.2 Å². The quantitative estimate of drug-likeness (QED) is 0.441. The molecule has 1 N–H and O–H groups in total. The van der Waals surface area contributed by atoms with Crippen LogP contribution in [0.3, 0.4) is 0 Å². The minimum atomic E-state index is -0.487. The van der Waals surface area contributed by atoms with Crippen LogP contribution in [0.4, 0.5) is 11.4 Å². The van der Waals surface area contributed by atoms with Crippen molar-refractivity contribution in [2.75, 3.05) is 18.2 Å². The number of methoxy groups -OCH3 is 1. The summed E-state index contributed by atoms with van der Waals surface area (Å²) in [5.41, 5.74) is 2.02. The molecule has 0 aliphatic carbocycles. The lowest BCUT2D eigenvalue weighted by Crippen LogP contribution is -2.14. The van der Waals surface area contributed by atoms with Gasteiger partial charge in [0.25, 0.3) is 0 Å². The summed E-state index contributed by atoms with van der Waals surface area (Å²) in [6, 6.07) is 12.0. The van der Waals surface area contributed by atoms with Crippen molar-refractivity contribution >= 4 is 29.0 Å². The normalized spacial score (nSPS) is 10.6. The second kappa shape index (κ2) is 9.15. The minimum absolute atomic E-state index is 0.0928. The molecule has 11 heteroatoms. The summed E-state index contributed by atoms with van der Waals surface area (Å²) in [6.07, 6.45) is 0. The molecule has 0 unspecified atom stereocenters. The summed E-state index contributed by atoms with van der Waals surface area (Å²) in [5, 5.41) is 25.3. The molecule has 2 aromatic carbocycles. The van der Waals surface area contributed by atoms with E-state index in [9.17, 15) is 14.9 Å². The van der Waals surface area contributed by atoms with Crippen LogP contribution >= 0.6 is 11.8 Å². The van der Waals surface area contributed by atoms with Crippen molar-refractivity contribution in [3.8, 4) is 11.4 Å². The fourth-order valence-electron chi connectivity index (χ4n) is 2.61. The maximum Gasteiger partial charge on any atom is 0.311 e. The van der Waals surface area contributed by atoms with Gasteiger partial charge in [-0.15, -0.1) is 16.9 Å². The number of aryl methyl sites for hydroxylation is 1. The maximum absolute atomic E-state index is 12.2. The van der Waals surface area contributed by atoms with Crippen molar-refractivity contribution in [3.05, 3.63) is 64.0 Å². The van der Waals surface area contributed by atoms with E-state index >= 15 is 0 Å². The van der Waals surface area contributed by atoms with E-state index in [1.54, 1.807) is 41.9 Å². The first kappa shape index (κ1) is 20.3. The Morgan fingerprint density at radius 3 is 2.83 bits per heavy atom. The maximum atomic E-state index is 12.2. The Bertz CT molecular complexity index is 1040. The molecule has 0 spiro atoms. The minimum Gasteiger partial charge on any atom is -0.490 e. The third-order valence-electron chi connectivity index (χ3n) is 3.94. The van der Waals surface area contributed by atoms with Crippen LogP contribution in [-0.4, -0.2) is 43.9 Å². The van der Waals surface area contributed by atoms with E-state index in [0.717, 1.165) is 11.3 Å². The average Bonchev–Trinajstić information content (AvgIpc) is 3.14. The monoisotopic (exact) mass is 414 g/mol. The molecule has 0 saturated carbocycles. The van der Waals surface area contributed by atoms with E-state index < -0.39 is 4.92 Å². The molecule has 3 aromatic rings. The third-order valence-corrected chi connectivity index (χ3v) is 4.95. The molecule has 0 bridgehead atoms. The Labute approximate surface area is 170 Å². The van der Waals surface area contributed by atoms with Crippen LogP contribution in [0, 0.1) is 17.0 Å². The van der Waals surface area contributed by atoms with E-state index in [1.807, 2.05) is 6.07 Å². The van der Waals surface area contributed by atoms with Crippen LogP contribution in [-0.2, 0) is 10.5 Å². The number of benzene rings is 2. The first-order chi connectivity index (χ1) is 14.0. The number of hydrogen-bond acceptors (Lipinski definition) is 8. The van der Waals surface area contributed by atoms with Crippen molar-refractivity contribution in [1.82, 2.24) is 20.2 Å². The highest BCUT2D eigenvalue weighted by molar-refractivity contribution is 7.99. The lowest BCUT2D eigenvalue weighted by atomic mass is 10.2. The predicted octanol–water partition coefficient (Wildman–Crippen LogP) is 2.76. The number of rotatable bonds is 8. The van der Waals surface area contributed by atoms with E-state index in [4.69, 9.17) is 4.74 Å². The predicted molar refractivity (Wildman–Crippen MR) is 108 cm³/mol. The van der Waals surface area contributed by atoms with Crippen molar-refractivity contribution in [2.45, 2.75) is 12.7 Å². The summed E-state index contributed by atoms with van der Waals surface area (Å²) in [7, 11) is 1.39. The van der Waals surface area contributed by atoms with Crippen LogP contribution in [0.15, 0.2) is 42.5 Å². The van der Waals surface area contributed by atoms with Gasteiger partial charge in [-0.25, -0.2) is 0 Å². The summed E-state index contributed by atoms with van der Waals surface area (Å²) in [4.78, 5) is 22.8. The lowest BCUT2D eigenvalue weighted by molar-refractivity contribution is -0.385. The molecule has 0 aliphatic heterocycles. The molecular formula is C18H18N6O4S. The van der Waals surface area contributed by atoms with Gasteiger partial charge in [0.15, 0.2) is 11.6 Å². The SMILES string of the molecule is COc1ccc(CSCC(=O)Nc2cccc(-n3nnnc3C)c2)cc1[N+](=O)[O-]. The Balaban J connectivity index is 1.56. The number of hydrogen-bond donors (Lipinski definition) is 1. The van der Waals surface area contributed by atoms with Gasteiger partial charge in [0.1, 0.15) is 0 Å². The number of nitro groups is 1. The third kappa shape index (κ3) is 5.08. The van der Waals surface area contributed by atoms with E-state index in [-0.39, 0.29) is 23.1 Å². The van der Waals surface area contributed by atoms with Crippen molar-refractivity contribution in [1.29, 1.82) is 0 Å². The molecule has 1 amide bonds. The number of nitrogens with one attached hydrogen (secondary N) is 1. The second-order valence-electron chi connectivity index (χ2n) is 5.99. The molecule has 29 heavy (non-hydrogen) atoms. The number of carbonyl (C=O) groups is 1. The zero-order valence-corrected chi connectivity index (χ0v) is 16.5. The largest absolute Gasteiger partial charge is 0.490 e. The van der Waals surface area contributed by atoms with E-state index in [0.29, 0.717) is 17.3 Å². The highest BCUT2D eigenvalue weighted by atomic mass is 32.2. The number of thioether (sulfide) groups is 1. The smallest absolute Gasteiger partial charge is 0.311 e. The molecule has 10 nitrogen and oxygen atoms in total. The first-order valence-corrected chi connectivity index (χ1v) is 9.67. The standard InChI is InChI=1S/C18H18N6O4S/c1-12-20-21-22-23(12)15-5-3-4-14(9-15)19-18(25)11-29-10-13-6-7-17(28-2)16(8-13)24(26)27/h3-9H,10-11H2,1-2H3,(H,19,25). The summed E-state index contributed by atoms with van der Waals surface area (Å²) >= 11 is 1.36. The average molecular weight is 414 g/mol. The number of nitro benzene ring substituents is 1. The van der Waals surface area contributed by atoms with Gasteiger partial charge in [0.05, 0.1) is 23.5 Å². The molecule has 150 valence electrons. The van der Waals surface area contributed by atoms with Gasteiger partial charge in [-0.1, -0.05) is 12.1 Å². The van der Waals surface area contributed by atoms with Gasteiger partial charge < -0.3 is 10.1 Å². The molecule has 0 aliphatic rings. The number of amides is 1. The molecular weight excluding hydrogens is 396 g/mol. The van der Waals surface area contributed by atoms with Crippen LogP contribution < -0.4 is 10.1 Å². The van der Waals surface area contributed by atoms with Gasteiger partial charge in [-0.2, -0.15) is 4.68 Å². The summed E-state index contributed by atoms with van der Waals surface area (Å²) in [6.45, 7) is 1.78. The van der Waals surface area contributed by atoms with Crippen LogP contribution in [0.25, 0.3) is 5.69 Å². The zero-order chi connectivity index (χ0) is 20.8. The molecule has 1 aromatic heterocycles. The Kier molecular flexibility index (Phi) is 6.39. The van der Waals surface area contributed by atoms with E-state index in [1.165, 1.54) is 24.9 Å². The van der Waals surface area contributed by atoms with Crippen molar-refractivity contribution < 1.29 is 14.5 Å². The number of anilines is 1. The first-order valence-electron chi connectivity index (χ1n) is 8.52. The van der Waals surface area contributed by atoms with Crippen molar-refractivity contribution in [2.24, 2.45) is 0 Å². The Morgan fingerprint density at radius 1 is 1.31 bits per heavy atom. The molecule has 0 fully saturated rings. The summed E-state index contributed by atoms with van der Waals surface area (Å²) in [5.74, 6) is 1.33. The molecule has 1 heterocycles. The molecule has 0 atom stereocenters. The lowest BCUT2D eigenvalue weighted by Gasteiger charge is -2.08. The van der Waals surface area contributed by atoms with E-state index in [2.05, 4.69) is 20.8 Å². The van der Waals surface area contributed by atoms with Gasteiger partial charge in [-0.3, -0.25) is 14.9 Å². The number of nitrogens with zero attached hydrogens (tertiary/aromatic N) is 5. The van der Waals surface area contributed by atoms with Gasteiger partial charge in [0.2, 0.25) is 5.91 Å². The zero-order valence-electron chi connectivity index (χ0n) is 15.7. The highest BCUT2D eigenvalue weighted by Crippen LogP contribution is 2.29. The number of tetrazole rings is 1. The fraction of sp³-hybridized carbons (Fsp3) is 0.222. The van der Waals surface area contributed by atoms with Crippen molar-refractivity contribution in [3.63, 3.8) is 0 Å². The number of ether oxygens (including phenoxy) is 1. The molecule has 0 saturated heterocycles. The highest BCUT2D eigenvalue weighted by Gasteiger charge is 2.15. The van der Waals surface area contributed by atoms with Crippen LogP contribution in [0.5, 0.6) is 5.75 Å². The Hall–Kier alpha value is -3.47. The number of carbonyl (C=O) groups excluding carboxylic acids is 1. The second-order valence-corrected chi connectivity index (χ2v) is 6.98. The van der Waals surface area contributed by atoms with Crippen LogP contribution in [0.2, 0.25) is 0 Å². The van der Waals surface area contributed by atoms with Gasteiger partial charge >= 0.3 is 5.69 Å². The molecule has 3 rings (SSSR count). The van der Waals surface area contributed by atoms with Gasteiger partial charge in [0, 0.05) is 17.5 Å². The molecule has 0 radical (unpaired) electrons.